The van der Waals surface area contributed by atoms with Gasteiger partial charge in [0.05, 0.1) is 0 Å². The predicted molar refractivity (Wildman–Crippen MR) is 42.1 cm³/mol. The van der Waals surface area contributed by atoms with Crippen LogP contribution in [0.3, 0.4) is 0 Å². The number of phenolic OH excluding ortho intramolecular Hbond substituents is 2. The van der Waals surface area contributed by atoms with Gasteiger partial charge in [0.25, 0.3) is 0 Å². The molecule has 62 valence electrons. The maximum absolute atomic E-state index is 9.29. The third-order valence-corrected chi connectivity index (χ3v) is 1.62. The van der Waals surface area contributed by atoms with Crippen molar-refractivity contribution in [2.45, 2.75) is 6.92 Å². The lowest BCUT2D eigenvalue weighted by molar-refractivity contribution is 0.399. The molecule has 0 amide bonds. The standard InChI is InChI=1S/C8H7NO3/c1-4-9-5-2-3-6(10)7(11)8(5)12-4/h2-3,10-11H,1H3. The Morgan fingerprint density at radius 1 is 1.33 bits per heavy atom. The molecule has 0 unspecified atom stereocenters. The van der Waals surface area contributed by atoms with Crippen molar-refractivity contribution in [3.8, 4) is 11.5 Å². The van der Waals surface area contributed by atoms with E-state index in [-0.39, 0.29) is 17.1 Å². The number of aromatic hydroxyl groups is 2. The number of benzene rings is 1. The number of aryl methyl sites for hydroxylation is 1. The molecule has 2 N–H and O–H groups in total. The van der Waals surface area contributed by atoms with E-state index in [1.54, 1.807) is 13.0 Å². The van der Waals surface area contributed by atoms with Crippen molar-refractivity contribution < 1.29 is 14.6 Å². The first-order chi connectivity index (χ1) is 5.68. The van der Waals surface area contributed by atoms with Crippen molar-refractivity contribution >= 4 is 11.1 Å². The zero-order chi connectivity index (χ0) is 8.72. The molecular formula is C8H7NO3. The SMILES string of the molecule is Cc1nc2ccc(O)c(O)c2o1. The van der Waals surface area contributed by atoms with Crippen molar-refractivity contribution in [2.24, 2.45) is 0 Å². The zero-order valence-corrected chi connectivity index (χ0v) is 6.40. The Morgan fingerprint density at radius 2 is 2.08 bits per heavy atom. The number of nitrogens with zero attached hydrogens (tertiary/aromatic N) is 1. The van der Waals surface area contributed by atoms with Crippen LogP contribution in [0.2, 0.25) is 0 Å². The van der Waals surface area contributed by atoms with Crippen molar-refractivity contribution in [1.82, 2.24) is 4.98 Å². The van der Waals surface area contributed by atoms with Crippen LogP contribution in [-0.4, -0.2) is 15.2 Å². The Hall–Kier alpha value is -1.71. The molecule has 0 bridgehead atoms. The quantitative estimate of drug-likeness (QED) is 0.581. The van der Waals surface area contributed by atoms with Gasteiger partial charge in [-0.15, -0.1) is 0 Å². The van der Waals surface area contributed by atoms with E-state index in [0.717, 1.165) is 0 Å². The van der Waals surface area contributed by atoms with Crippen molar-refractivity contribution in [3.05, 3.63) is 18.0 Å². The van der Waals surface area contributed by atoms with Gasteiger partial charge in [-0.05, 0) is 12.1 Å². The van der Waals surface area contributed by atoms with Gasteiger partial charge in [-0.1, -0.05) is 0 Å². The summed E-state index contributed by atoms with van der Waals surface area (Å²) in [5.74, 6) is 0.0117. The molecule has 2 rings (SSSR count). The van der Waals surface area contributed by atoms with Crippen molar-refractivity contribution in [1.29, 1.82) is 0 Å². The second-order valence-corrected chi connectivity index (χ2v) is 2.51. The van der Waals surface area contributed by atoms with Crippen LogP contribution >= 0.6 is 0 Å². The van der Waals surface area contributed by atoms with E-state index >= 15 is 0 Å². The fourth-order valence-corrected chi connectivity index (χ4v) is 1.08. The largest absolute Gasteiger partial charge is 0.504 e. The van der Waals surface area contributed by atoms with Crippen LogP contribution in [0.25, 0.3) is 11.1 Å². The Bertz CT molecular complexity index is 433. The van der Waals surface area contributed by atoms with Gasteiger partial charge in [-0.25, -0.2) is 4.98 Å². The summed E-state index contributed by atoms with van der Waals surface area (Å²) in [4.78, 5) is 3.98. The van der Waals surface area contributed by atoms with E-state index in [9.17, 15) is 5.11 Å². The minimum atomic E-state index is -0.256. The molecule has 1 heterocycles. The van der Waals surface area contributed by atoms with Crippen LogP contribution in [0.15, 0.2) is 16.5 Å². The van der Waals surface area contributed by atoms with Gasteiger partial charge < -0.3 is 14.6 Å². The number of rotatable bonds is 0. The maximum Gasteiger partial charge on any atom is 0.203 e. The molecule has 0 aliphatic rings. The van der Waals surface area contributed by atoms with Crippen LogP contribution in [0.5, 0.6) is 11.5 Å². The third kappa shape index (κ3) is 0.812. The fourth-order valence-electron chi connectivity index (χ4n) is 1.08. The number of phenols is 2. The average molecular weight is 165 g/mol. The molecule has 4 heteroatoms. The number of oxazole rings is 1. The molecule has 0 radical (unpaired) electrons. The highest BCUT2D eigenvalue weighted by atomic mass is 16.4. The van der Waals surface area contributed by atoms with E-state index in [4.69, 9.17) is 9.52 Å². The smallest absolute Gasteiger partial charge is 0.203 e. The summed E-state index contributed by atoms with van der Waals surface area (Å²) in [5.41, 5.74) is 0.773. The van der Waals surface area contributed by atoms with Crippen molar-refractivity contribution in [3.63, 3.8) is 0 Å². The highest BCUT2D eigenvalue weighted by Gasteiger charge is 2.10. The first kappa shape index (κ1) is 6.97. The Labute approximate surface area is 68.1 Å². The monoisotopic (exact) mass is 165 g/mol. The molecule has 1 aromatic heterocycles. The fraction of sp³-hybridized carbons (Fsp3) is 0.125. The Balaban J connectivity index is 2.89. The molecule has 0 spiro atoms. The summed E-state index contributed by atoms with van der Waals surface area (Å²) in [6.07, 6.45) is 0. The molecule has 0 atom stereocenters. The van der Waals surface area contributed by atoms with Crippen LogP contribution in [0, 0.1) is 6.92 Å². The Morgan fingerprint density at radius 3 is 2.83 bits per heavy atom. The first-order valence-electron chi connectivity index (χ1n) is 3.46. The first-order valence-corrected chi connectivity index (χ1v) is 3.46. The highest BCUT2D eigenvalue weighted by Crippen LogP contribution is 2.33. The van der Waals surface area contributed by atoms with E-state index in [0.29, 0.717) is 11.4 Å². The molecule has 12 heavy (non-hydrogen) atoms. The van der Waals surface area contributed by atoms with Gasteiger partial charge in [-0.2, -0.15) is 0 Å². The topological polar surface area (TPSA) is 66.5 Å². The summed E-state index contributed by atoms with van der Waals surface area (Å²) in [7, 11) is 0. The summed E-state index contributed by atoms with van der Waals surface area (Å²) in [6, 6.07) is 2.96. The minimum Gasteiger partial charge on any atom is -0.504 e. The summed E-state index contributed by atoms with van der Waals surface area (Å²) < 4.78 is 5.06. The van der Waals surface area contributed by atoms with E-state index < -0.39 is 0 Å². The van der Waals surface area contributed by atoms with Crippen LogP contribution in [-0.2, 0) is 0 Å². The number of hydrogen-bond acceptors (Lipinski definition) is 4. The van der Waals surface area contributed by atoms with Crippen LogP contribution < -0.4 is 0 Å². The van der Waals surface area contributed by atoms with Gasteiger partial charge in [0.15, 0.2) is 17.2 Å². The van der Waals surface area contributed by atoms with E-state index in [1.165, 1.54) is 6.07 Å². The lowest BCUT2D eigenvalue weighted by Crippen LogP contribution is -1.70. The number of aromatic nitrogens is 1. The normalized spacial score (nSPS) is 10.8. The predicted octanol–water partition coefficient (Wildman–Crippen LogP) is 1.55. The summed E-state index contributed by atoms with van der Waals surface area (Å²) >= 11 is 0. The second kappa shape index (κ2) is 2.14. The summed E-state index contributed by atoms with van der Waals surface area (Å²) in [6.45, 7) is 1.68. The molecule has 0 saturated carbocycles. The van der Waals surface area contributed by atoms with Crippen LogP contribution in [0.1, 0.15) is 5.89 Å². The van der Waals surface area contributed by atoms with Gasteiger partial charge in [0.1, 0.15) is 5.52 Å². The molecule has 2 aromatic rings. The van der Waals surface area contributed by atoms with Crippen LogP contribution in [0.4, 0.5) is 0 Å². The Kier molecular flexibility index (Phi) is 1.24. The molecule has 0 aliphatic carbocycles. The van der Waals surface area contributed by atoms with Crippen molar-refractivity contribution in [2.75, 3.05) is 0 Å². The second-order valence-electron chi connectivity index (χ2n) is 2.51. The lowest BCUT2D eigenvalue weighted by Gasteiger charge is -1.94. The number of fused-ring (bicyclic) bond motifs is 1. The van der Waals surface area contributed by atoms with E-state index in [2.05, 4.69) is 4.98 Å². The summed E-state index contributed by atoms with van der Waals surface area (Å²) in [5, 5.41) is 18.4. The molecule has 0 aliphatic heterocycles. The molecular weight excluding hydrogens is 158 g/mol. The maximum atomic E-state index is 9.29. The molecule has 1 aromatic carbocycles. The minimum absolute atomic E-state index is 0.196. The van der Waals surface area contributed by atoms with Gasteiger partial charge in [0, 0.05) is 6.92 Å². The zero-order valence-electron chi connectivity index (χ0n) is 6.40. The third-order valence-electron chi connectivity index (χ3n) is 1.62. The highest BCUT2D eigenvalue weighted by molar-refractivity contribution is 5.81. The van der Waals surface area contributed by atoms with Gasteiger partial charge in [0.2, 0.25) is 5.75 Å². The van der Waals surface area contributed by atoms with Gasteiger partial charge >= 0.3 is 0 Å². The average Bonchev–Trinajstić information content (AvgIpc) is 2.39. The molecule has 0 fully saturated rings. The lowest BCUT2D eigenvalue weighted by atomic mass is 10.3. The molecule has 0 saturated heterocycles. The molecule has 4 nitrogen and oxygen atoms in total. The van der Waals surface area contributed by atoms with E-state index in [1.807, 2.05) is 0 Å². The van der Waals surface area contributed by atoms with Gasteiger partial charge in [-0.3, -0.25) is 0 Å². The number of hydrogen-bond donors (Lipinski definition) is 2.